The zero-order valence-corrected chi connectivity index (χ0v) is 5.46. The number of amides is 1. The summed E-state index contributed by atoms with van der Waals surface area (Å²) < 4.78 is 0. The molecule has 56 valence electrons. The van der Waals surface area contributed by atoms with Crippen molar-refractivity contribution < 1.29 is 14.7 Å². The van der Waals surface area contributed by atoms with E-state index in [1.807, 2.05) is 0 Å². The van der Waals surface area contributed by atoms with Crippen LogP contribution in [0.3, 0.4) is 0 Å². The molecule has 1 rings (SSSR count). The second-order valence-corrected chi connectivity index (χ2v) is 2.28. The van der Waals surface area contributed by atoms with Gasteiger partial charge in [0.15, 0.2) is 5.78 Å². The van der Waals surface area contributed by atoms with Gasteiger partial charge in [-0.2, -0.15) is 0 Å². The molecule has 1 fully saturated rings. The van der Waals surface area contributed by atoms with Crippen LogP contribution in [0.2, 0.25) is 0 Å². The Morgan fingerprint density at radius 3 is 2.90 bits per heavy atom. The molecule has 0 aromatic heterocycles. The van der Waals surface area contributed by atoms with Crippen molar-refractivity contribution in [1.82, 2.24) is 5.32 Å². The molecule has 1 amide bonds. The number of nitrogens with one attached hydrogen (secondary N) is 1. The van der Waals surface area contributed by atoms with Gasteiger partial charge < -0.3 is 10.4 Å². The van der Waals surface area contributed by atoms with Gasteiger partial charge in [-0.3, -0.25) is 9.59 Å². The number of aliphatic hydroxyl groups excluding tert-OH is 1. The second-order valence-electron chi connectivity index (χ2n) is 2.28. The molecule has 0 bridgehead atoms. The first-order chi connectivity index (χ1) is 4.74. The topological polar surface area (TPSA) is 66.4 Å². The molecule has 1 aliphatic rings. The third-order valence-electron chi connectivity index (χ3n) is 1.54. The highest BCUT2D eigenvalue weighted by atomic mass is 16.3. The van der Waals surface area contributed by atoms with Crippen LogP contribution in [-0.4, -0.2) is 29.4 Å². The Labute approximate surface area is 58.2 Å². The van der Waals surface area contributed by atoms with Gasteiger partial charge in [-0.1, -0.05) is 0 Å². The van der Waals surface area contributed by atoms with Gasteiger partial charge >= 0.3 is 0 Å². The van der Waals surface area contributed by atoms with E-state index in [9.17, 15) is 9.59 Å². The van der Waals surface area contributed by atoms with Crippen LogP contribution < -0.4 is 5.32 Å². The fourth-order valence-corrected chi connectivity index (χ4v) is 0.966. The quantitative estimate of drug-likeness (QED) is 0.511. The lowest BCUT2D eigenvalue weighted by atomic mass is 10.1. The minimum atomic E-state index is -0.481. The Kier molecular flexibility index (Phi) is 2.01. The van der Waals surface area contributed by atoms with Gasteiger partial charge in [0, 0.05) is 6.42 Å². The van der Waals surface area contributed by atoms with Gasteiger partial charge in [0.2, 0.25) is 5.91 Å². The average molecular weight is 143 g/mol. The molecule has 4 heteroatoms. The van der Waals surface area contributed by atoms with Gasteiger partial charge in [0.05, 0.1) is 6.04 Å². The Hall–Kier alpha value is -0.900. The normalized spacial score (nSPS) is 24.5. The minimum Gasteiger partial charge on any atom is -0.389 e. The van der Waals surface area contributed by atoms with Crippen LogP contribution in [0, 0.1) is 0 Å². The number of carbonyl (C=O) groups excluding carboxylic acids is 2. The molecule has 1 unspecified atom stereocenters. The maximum atomic E-state index is 10.7. The summed E-state index contributed by atoms with van der Waals surface area (Å²) >= 11 is 0. The fraction of sp³-hybridized carbons (Fsp3) is 0.667. The summed E-state index contributed by atoms with van der Waals surface area (Å²) in [5.74, 6) is -0.405. The number of hydrogen-bond donors (Lipinski definition) is 2. The van der Waals surface area contributed by atoms with Crippen molar-refractivity contribution in [2.75, 3.05) is 6.61 Å². The zero-order chi connectivity index (χ0) is 7.56. The smallest absolute Gasteiger partial charge is 0.220 e. The summed E-state index contributed by atoms with van der Waals surface area (Å²) in [6, 6.07) is -0.433. The van der Waals surface area contributed by atoms with Crippen LogP contribution in [0.5, 0.6) is 0 Å². The van der Waals surface area contributed by atoms with Crippen LogP contribution in [0.25, 0.3) is 0 Å². The van der Waals surface area contributed by atoms with Gasteiger partial charge in [-0.25, -0.2) is 0 Å². The molecule has 0 aromatic rings. The molecule has 2 N–H and O–H groups in total. The van der Waals surface area contributed by atoms with Gasteiger partial charge in [0.1, 0.15) is 6.61 Å². The Balaban J connectivity index is 2.44. The second kappa shape index (κ2) is 2.79. The summed E-state index contributed by atoms with van der Waals surface area (Å²) in [4.78, 5) is 21.2. The van der Waals surface area contributed by atoms with Gasteiger partial charge in [-0.05, 0) is 6.42 Å². The van der Waals surface area contributed by atoms with Crippen LogP contribution in [0.1, 0.15) is 12.8 Å². The van der Waals surface area contributed by atoms with E-state index in [2.05, 4.69) is 5.32 Å². The molecule has 1 saturated heterocycles. The summed E-state index contributed by atoms with van der Waals surface area (Å²) in [6.07, 6.45) is 0.925. The van der Waals surface area contributed by atoms with Crippen molar-refractivity contribution >= 4 is 11.7 Å². The third-order valence-corrected chi connectivity index (χ3v) is 1.54. The van der Waals surface area contributed by atoms with Crippen molar-refractivity contribution in [3.05, 3.63) is 0 Å². The predicted octanol–water partition coefficient (Wildman–Crippen LogP) is -1.17. The van der Waals surface area contributed by atoms with Crippen molar-refractivity contribution in [3.63, 3.8) is 0 Å². The highest BCUT2D eigenvalue weighted by Gasteiger charge is 2.25. The molecule has 0 spiro atoms. The first-order valence-electron chi connectivity index (χ1n) is 3.17. The third kappa shape index (κ3) is 1.33. The molecular weight excluding hydrogens is 134 g/mol. The van der Waals surface area contributed by atoms with Gasteiger partial charge in [-0.15, -0.1) is 0 Å². The molecule has 1 heterocycles. The zero-order valence-electron chi connectivity index (χ0n) is 5.46. The summed E-state index contributed by atoms with van der Waals surface area (Å²) in [6.45, 7) is -0.481. The average Bonchev–Trinajstić information content (AvgIpc) is 2.34. The standard InChI is InChI=1S/C6H9NO3/c8-3-5(9)4-1-2-6(10)7-4/h4,8H,1-3H2,(H,7,10). The van der Waals surface area contributed by atoms with E-state index >= 15 is 0 Å². The summed E-state index contributed by atoms with van der Waals surface area (Å²) in [7, 11) is 0. The lowest BCUT2D eigenvalue weighted by Crippen LogP contribution is -2.34. The maximum Gasteiger partial charge on any atom is 0.220 e. The molecular formula is C6H9NO3. The highest BCUT2D eigenvalue weighted by molar-refractivity contribution is 5.92. The highest BCUT2D eigenvalue weighted by Crippen LogP contribution is 2.06. The van der Waals surface area contributed by atoms with E-state index < -0.39 is 12.6 Å². The molecule has 0 aliphatic carbocycles. The molecule has 0 saturated carbocycles. The molecule has 1 aliphatic heterocycles. The van der Waals surface area contributed by atoms with Crippen molar-refractivity contribution in [3.8, 4) is 0 Å². The maximum absolute atomic E-state index is 10.7. The fourth-order valence-electron chi connectivity index (χ4n) is 0.966. The molecule has 1 atom stereocenters. The van der Waals surface area contributed by atoms with Crippen LogP contribution in [0.4, 0.5) is 0 Å². The van der Waals surface area contributed by atoms with E-state index in [0.29, 0.717) is 12.8 Å². The molecule has 0 aromatic carbocycles. The van der Waals surface area contributed by atoms with Gasteiger partial charge in [0.25, 0.3) is 0 Å². The van der Waals surface area contributed by atoms with Crippen molar-refractivity contribution in [2.24, 2.45) is 0 Å². The lowest BCUT2D eigenvalue weighted by molar-refractivity contribution is -0.126. The SMILES string of the molecule is O=C1CCC(C(=O)CO)N1. The number of carbonyl (C=O) groups is 2. The van der Waals surface area contributed by atoms with E-state index in [1.165, 1.54) is 0 Å². The number of aliphatic hydroxyl groups is 1. The number of hydrogen-bond acceptors (Lipinski definition) is 3. The number of ketones is 1. The van der Waals surface area contributed by atoms with E-state index in [1.54, 1.807) is 0 Å². The largest absolute Gasteiger partial charge is 0.389 e. The molecule has 4 nitrogen and oxygen atoms in total. The summed E-state index contributed by atoms with van der Waals surface area (Å²) in [5, 5.41) is 10.8. The van der Waals surface area contributed by atoms with E-state index in [4.69, 9.17) is 5.11 Å². The number of Topliss-reactive ketones (excluding diaryl/α,β-unsaturated/α-hetero) is 1. The summed E-state index contributed by atoms with van der Waals surface area (Å²) in [5.41, 5.74) is 0. The van der Waals surface area contributed by atoms with Crippen LogP contribution in [-0.2, 0) is 9.59 Å². The van der Waals surface area contributed by atoms with E-state index in [-0.39, 0.29) is 11.7 Å². The Bertz CT molecular complexity index is 166. The molecule has 0 radical (unpaired) electrons. The lowest BCUT2D eigenvalue weighted by Gasteiger charge is -2.04. The van der Waals surface area contributed by atoms with Crippen LogP contribution >= 0.6 is 0 Å². The van der Waals surface area contributed by atoms with E-state index in [0.717, 1.165) is 0 Å². The Morgan fingerprint density at radius 1 is 1.80 bits per heavy atom. The Morgan fingerprint density at radius 2 is 2.50 bits per heavy atom. The number of rotatable bonds is 2. The van der Waals surface area contributed by atoms with Crippen molar-refractivity contribution in [1.29, 1.82) is 0 Å². The van der Waals surface area contributed by atoms with Crippen LogP contribution in [0.15, 0.2) is 0 Å². The van der Waals surface area contributed by atoms with Crippen molar-refractivity contribution in [2.45, 2.75) is 18.9 Å². The minimum absolute atomic E-state index is 0.105. The monoisotopic (exact) mass is 143 g/mol. The first-order valence-corrected chi connectivity index (χ1v) is 3.17. The predicted molar refractivity (Wildman–Crippen MR) is 33.3 cm³/mol. The first kappa shape index (κ1) is 7.21. The molecule has 10 heavy (non-hydrogen) atoms.